The second-order valence-electron chi connectivity index (χ2n) is 7.32. The molecule has 0 bridgehead atoms. The molecule has 0 radical (unpaired) electrons. The van der Waals surface area contributed by atoms with Crippen LogP contribution < -0.4 is 4.90 Å². The van der Waals surface area contributed by atoms with Crippen molar-refractivity contribution in [2.75, 3.05) is 20.1 Å². The molecule has 1 aliphatic heterocycles. The van der Waals surface area contributed by atoms with Gasteiger partial charge >= 0.3 is 0 Å². The zero-order valence-corrected chi connectivity index (χ0v) is 17.4. The number of hydrogen-bond acceptors (Lipinski definition) is 3. The van der Waals surface area contributed by atoms with Gasteiger partial charge in [0.2, 0.25) is 0 Å². The minimum absolute atomic E-state index is 0.214. The highest BCUT2D eigenvalue weighted by molar-refractivity contribution is 7.10. The molecule has 0 spiro atoms. The highest BCUT2D eigenvalue weighted by Crippen LogP contribution is 2.31. The van der Waals surface area contributed by atoms with Gasteiger partial charge in [-0.15, -0.1) is 22.7 Å². The van der Waals surface area contributed by atoms with Crippen LogP contribution in [0.5, 0.6) is 0 Å². The van der Waals surface area contributed by atoms with Crippen LogP contribution in [0.25, 0.3) is 0 Å². The monoisotopic (exact) mass is 397 g/mol. The van der Waals surface area contributed by atoms with Crippen LogP contribution in [0.4, 0.5) is 0 Å². The Morgan fingerprint density at radius 1 is 1.15 bits per heavy atom. The molecule has 1 aliphatic rings. The fraction of sp³-hybridized carbons (Fsp3) is 0.318. The third-order valence-corrected chi connectivity index (χ3v) is 7.28. The summed E-state index contributed by atoms with van der Waals surface area (Å²) >= 11 is 3.65. The molecular formula is C22H25N2OS2+. The summed E-state index contributed by atoms with van der Waals surface area (Å²) in [5, 5.41) is 4.33. The van der Waals surface area contributed by atoms with Gasteiger partial charge in [-0.25, -0.2) is 0 Å². The first-order valence-corrected chi connectivity index (χ1v) is 11.1. The number of hydrogen-bond donors (Lipinski definition) is 1. The molecule has 5 heteroatoms. The number of likely N-dealkylation sites (N-methyl/N-ethyl adjacent to an activating group) is 1. The molecule has 4 rings (SSSR count). The van der Waals surface area contributed by atoms with E-state index in [0.29, 0.717) is 13.1 Å². The lowest BCUT2D eigenvalue weighted by Gasteiger charge is -2.32. The molecular weight excluding hydrogens is 372 g/mol. The summed E-state index contributed by atoms with van der Waals surface area (Å²) in [4.78, 5) is 19.0. The highest BCUT2D eigenvalue weighted by atomic mass is 32.1. The Labute approximate surface area is 168 Å². The summed E-state index contributed by atoms with van der Waals surface area (Å²) in [6.45, 7) is 4.31. The molecule has 3 heterocycles. The third kappa shape index (κ3) is 4.00. The Hall–Kier alpha value is -1.95. The molecule has 27 heavy (non-hydrogen) atoms. The summed E-state index contributed by atoms with van der Waals surface area (Å²) in [5.41, 5.74) is 3.84. The Morgan fingerprint density at radius 3 is 2.70 bits per heavy atom. The predicted octanol–water partition coefficient (Wildman–Crippen LogP) is 3.31. The van der Waals surface area contributed by atoms with E-state index in [1.807, 2.05) is 23.3 Å². The first-order valence-electron chi connectivity index (χ1n) is 9.35. The van der Waals surface area contributed by atoms with E-state index in [-0.39, 0.29) is 11.9 Å². The molecule has 2 atom stereocenters. The zero-order valence-electron chi connectivity index (χ0n) is 15.8. The fourth-order valence-electron chi connectivity index (χ4n) is 3.83. The van der Waals surface area contributed by atoms with Crippen LogP contribution in [-0.2, 0) is 17.8 Å². The Kier molecular flexibility index (Phi) is 5.43. The van der Waals surface area contributed by atoms with Crippen LogP contribution in [0.2, 0.25) is 0 Å². The van der Waals surface area contributed by atoms with Gasteiger partial charge in [-0.05, 0) is 35.4 Å². The van der Waals surface area contributed by atoms with Crippen LogP contribution in [0.15, 0.2) is 53.2 Å². The third-order valence-electron chi connectivity index (χ3n) is 5.34. The molecule has 3 nitrogen and oxygen atoms in total. The number of rotatable bonds is 5. The van der Waals surface area contributed by atoms with Crippen molar-refractivity contribution in [3.05, 3.63) is 79.7 Å². The SMILES string of the molecule is Cc1ccc(CN(C)C(=O)C[NH+]2CCc3sccc3[C@@H]2c2cccs2)cc1. The molecule has 0 saturated carbocycles. The molecule has 0 fully saturated rings. The minimum Gasteiger partial charge on any atom is -0.337 e. The number of carbonyl (C=O) groups is 1. The number of fused-ring (bicyclic) bond motifs is 1. The van der Waals surface area contributed by atoms with Crippen molar-refractivity contribution in [1.29, 1.82) is 0 Å². The van der Waals surface area contributed by atoms with E-state index < -0.39 is 0 Å². The summed E-state index contributed by atoms with van der Waals surface area (Å²) in [6, 6.07) is 15.3. The number of amides is 1. The second-order valence-corrected chi connectivity index (χ2v) is 9.30. The maximum absolute atomic E-state index is 13.0. The van der Waals surface area contributed by atoms with E-state index in [2.05, 4.69) is 60.1 Å². The number of benzene rings is 1. The van der Waals surface area contributed by atoms with Gasteiger partial charge in [-0.2, -0.15) is 0 Å². The van der Waals surface area contributed by atoms with Crippen molar-refractivity contribution >= 4 is 28.6 Å². The van der Waals surface area contributed by atoms with Crippen LogP contribution in [-0.4, -0.2) is 30.9 Å². The molecule has 0 aliphatic carbocycles. The highest BCUT2D eigenvalue weighted by Gasteiger charge is 2.35. The summed E-state index contributed by atoms with van der Waals surface area (Å²) in [6.07, 6.45) is 1.07. The summed E-state index contributed by atoms with van der Waals surface area (Å²) in [5.74, 6) is 0.214. The lowest BCUT2D eigenvalue weighted by molar-refractivity contribution is -0.919. The molecule has 1 amide bonds. The van der Waals surface area contributed by atoms with Gasteiger partial charge in [0.1, 0.15) is 6.04 Å². The molecule has 140 valence electrons. The number of thiophene rings is 2. The molecule has 3 aromatic rings. The quantitative estimate of drug-likeness (QED) is 0.702. The Bertz CT molecular complexity index is 899. The van der Waals surface area contributed by atoms with Gasteiger partial charge in [-0.1, -0.05) is 35.9 Å². The molecule has 1 aromatic carbocycles. The Balaban J connectivity index is 1.49. The van der Waals surface area contributed by atoms with Crippen molar-refractivity contribution in [2.24, 2.45) is 0 Å². The predicted molar refractivity (Wildman–Crippen MR) is 113 cm³/mol. The number of aryl methyl sites for hydroxylation is 1. The van der Waals surface area contributed by atoms with Crippen LogP contribution >= 0.6 is 22.7 Å². The van der Waals surface area contributed by atoms with E-state index in [1.54, 1.807) is 11.3 Å². The fourth-order valence-corrected chi connectivity index (χ4v) is 5.66. The topological polar surface area (TPSA) is 24.8 Å². The molecule has 2 aromatic heterocycles. The average molecular weight is 398 g/mol. The van der Waals surface area contributed by atoms with Crippen LogP contribution in [0, 0.1) is 6.92 Å². The van der Waals surface area contributed by atoms with E-state index in [9.17, 15) is 4.79 Å². The maximum atomic E-state index is 13.0. The van der Waals surface area contributed by atoms with Crippen molar-refractivity contribution in [3.63, 3.8) is 0 Å². The molecule has 1 unspecified atom stereocenters. The molecule has 0 saturated heterocycles. The standard InChI is InChI=1S/C22H24N2OS2/c1-16-5-7-17(8-6-16)14-23(2)21(25)15-24-11-9-19-18(10-13-27-19)22(24)20-4-3-12-26-20/h3-8,10,12-13,22H,9,11,14-15H2,1-2H3/p+1/t22-/m1/s1. The van der Waals surface area contributed by atoms with Crippen molar-refractivity contribution in [2.45, 2.75) is 25.9 Å². The van der Waals surface area contributed by atoms with Gasteiger partial charge in [-0.3, -0.25) is 4.79 Å². The van der Waals surface area contributed by atoms with E-state index in [0.717, 1.165) is 13.0 Å². The average Bonchev–Trinajstić information content (AvgIpc) is 3.35. The number of nitrogens with one attached hydrogen (secondary N) is 1. The van der Waals surface area contributed by atoms with Gasteiger partial charge in [0.05, 0.1) is 11.4 Å². The first-order chi connectivity index (χ1) is 13.1. The zero-order chi connectivity index (χ0) is 18.8. The molecule has 1 N–H and O–H groups in total. The number of quaternary nitrogens is 1. The lowest BCUT2D eigenvalue weighted by atomic mass is 9.98. The van der Waals surface area contributed by atoms with Crippen molar-refractivity contribution in [1.82, 2.24) is 4.90 Å². The van der Waals surface area contributed by atoms with E-state index in [4.69, 9.17) is 0 Å². The number of carbonyl (C=O) groups excluding carboxylic acids is 1. The lowest BCUT2D eigenvalue weighted by Crippen LogP contribution is -3.14. The summed E-state index contributed by atoms with van der Waals surface area (Å²) < 4.78 is 0. The largest absolute Gasteiger partial charge is 0.337 e. The Morgan fingerprint density at radius 2 is 1.96 bits per heavy atom. The number of nitrogens with zero attached hydrogens (tertiary/aromatic N) is 1. The minimum atomic E-state index is 0.214. The van der Waals surface area contributed by atoms with Gasteiger partial charge in [0.25, 0.3) is 5.91 Å². The van der Waals surface area contributed by atoms with Crippen molar-refractivity contribution in [3.8, 4) is 0 Å². The van der Waals surface area contributed by atoms with E-state index >= 15 is 0 Å². The smallest absolute Gasteiger partial charge is 0.277 e. The van der Waals surface area contributed by atoms with Gasteiger partial charge < -0.3 is 9.80 Å². The van der Waals surface area contributed by atoms with Crippen LogP contribution in [0.1, 0.15) is 32.5 Å². The van der Waals surface area contributed by atoms with Gasteiger partial charge in [0.15, 0.2) is 6.54 Å². The van der Waals surface area contributed by atoms with Crippen LogP contribution in [0.3, 0.4) is 0 Å². The second kappa shape index (κ2) is 7.97. The summed E-state index contributed by atoms with van der Waals surface area (Å²) in [7, 11) is 1.92. The normalized spacial score (nSPS) is 18.9. The maximum Gasteiger partial charge on any atom is 0.277 e. The van der Waals surface area contributed by atoms with Crippen molar-refractivity contribution < 1.29 is 9.69 Å². The van der Waals surface area contributed by atoms with E-state index in [1.165, 1.54) is 31.3 Å². The van der Waals surface area contributed by atoms with Gasteiger partial charge in [0, 0.05) is 30.5 Å². The first kappa shape index (κ1) is 18.4.